The lowest BCUT2D eigenvalue weighted by atomic mass is 9.97. The van der Waals surface area contributed by atoms with E-state index in [1.54, 1.807) is 0 Å². The molecule has 0 saturated carbocycles. The van der Waals surface area contributed by atoms with E-state index in [2.05, 4.69) is 53.6 Å². The van der Waals surface area contributed by atoms with Gasteiger partial charge in [0, 0.05) is 18.4 Å². The number of benzene rings is 1. The van der Waals surface area contributed by atoms with Crippen LogP contribution >= 0.6 is 0 Å². The van der Waals surface area contributed by atoms with Gasteiger partial charge in [-0.1, -0.05) is 24.3 Å². The highest BCUT2D eigenvalue weighted by Gasteiger charge is 2.10. The highest BCUT2D eigenvalue weighted by Crippen LogP contribution is 2.19. The molecule has 0 aliphatic heterocycles. The Kier molecular flexibility index (Phi) is 3.89. The number of likely N-dealkylation sites (N-methyl/N-ethyl adjacent to an activating group) is 1. The fraction of sp³-hybridized carbons (Fsp3) is 0.267. The van der Waals surface area contributed by atoms with Crippen molar-refractivity contribution < 1.29 is 0 Å². The minimum Gasteiger partial charge on any atom is -0.313 e. The number of rotatable bonds is 4. The van der Waals surface area contributed by atoms with E-state index in [0.717, 1.165) is 6.42 Å². The van der Waals surface area contributed by atoms with Crippen molar-refractivity contribution in [1.82, 2.24) is 10.3 Å². The van der Waals surface area contributed by atoms with Crippen LogP contribution < -0.4 is 5.32 Å². The fourth-order valence-corrected chi connectivity index (χ4v) is 2.04. The summed E-state index contributed by atoms with van der Waals surface area (Å²) in [5, 5.41) is 3.37. The maximum atomic E-state index is 4.06. The number of aromatic nitrogens is 1. The molecule has 0 aliphatic carbocycles. The number of hydrogen-bond donors (Lipinski definition) is 1. The molecule has 0 bridgehead atoms. The lowest BCUT2D eigenvalue weighted by Gasteiger charge is -2.17. The molecule has 1 aromatic heterocycles. The van der Waals surface area contributed by atoms with Crippen LogP contribution in [-0.4, -0.2) is 12.0 Å². The lowest BCUT2D eigenvalue weighted by molar-refractivity contribution is 0.590. The second-order valence-electron chi connectivity index (χ2n) is 4.25. The van der Waals surface area contributed by atoms with Crippen molar-refractivity contribution in [2.75, 3.05) is 7.05 Å². The normalized spacial score (nSPS) is 12.4. The van der Waals surface area contributed by atoms with Crippen LogP contribution in [0.1, 0.15) is 22.7 Å². The Labute approximate surface area is 103 Å². The third kappa shape index (κ3) is 2.92. The molecule has 1 unspecified atom stereocenters. The Morgan fingerprint density at radius 1 is 1.12 bits per heavy atom. The van der Waals surface area contributed by atoms with Gasteiger partial charge in [-0.15, -0.1) is 0 Å². The number of nitrogens with zero attached hydrogens (tertiary/aromatic N) is 1. The zero-order valence-corrected chi connectivity index (χ0v) is 10.4. The van der Waals surface area contributed by atoms with E-state index in [4.69, 9.17) is 0 Å². The summed E-state index contributed by atoms with van der Waals surface area (Å²) < 4.78 is 0. The predicted octanol–water partition coefficient (Wildman–Crippen LogP) is 2.89. The zero-order valence-electron chi connectivity index (χ0n) is 10.4. The van der Waals surface area contributed by atoms with Crippen molar-refractivity contribution >= 4 is 0 Å². The van der Waals surface area contributed by atoms with Crippen LogP contribution in [0.2, 0.25) is 0 Å². The van der Waals surface area contributed by atoms with E-state index >= 15 is 0 Å². The number of nitrogens with one attached hydrogen (secondary N) is 1. The van der Waals surface area contributed by atoms with Gasteiger partial charge in [-0.25, -0.2) is 0 Å². The van der Waals surface area contributed by atoms with Gasteiger partial charge in [-0.2, -0.15) is 0 Å². The van der Waals surface area contributed by atoms with Crippen LogP contribution in [0.5, 0.6) is 0 Å². The molecule has 0 fully saturated rings. The van der Waals surface area contributed by atoms with Gasteiger partial charge in [0.2, 0.25) is 0 Å². The van der Waals surface area contributed by atoms with E-state index in [1.165, 1.54) is 16.7 Å². The van der Waals surface area contributed by atoms with Gasteiger partial charge in [0.25, 0.3) is 0 Å². The van der Waals surface area contributed by atoms with Gasteiger partial charge in [-0.05, 0) is 49.2 Å². The molecule has 1 heterocycles. The molecule has 2 aromatic rings. The number of aryl methyl sites for hydroxylation is 1. The third-order valence-electron chi connectivity index (χ3n) is 3.14. The minimum atomic E-state index is 0.346. The predicted molar refractivity (Wildman–Crippen MR) is 70.9 cm³/mol. The molecule has 2 rings (SSSR count). The summed E-state index contributed by atoms with van der Waals surface area (Å²) >= 11 is 0. The largest absolute Gasteiger partial charge is 0.313 e. The van der Waals surface area contributed by atoms with E-state index < -0.39 is 0 Å². The highest BCUT2D eigenvalue weighted by molar-refractivity contribution is 5.28. The first kappa shape index (κ1) is 11.8. The molecule has 1 N–H and O–H groups in total. The first-order valence-electron chi connectivity index (χ1n) is 5.93. The van der Waals surface area contributed by atoms with Crippen molar-refractivity contribution in [3.8, 4) is 0 Å². The van der Waals surface area contributed by atoms with Gasteiger partial charge in [-0.3, -0.25) is 4.98 Å². The molecule has 17 heavy (non-hydrogen) atoms. The Balaban J connectivity index is 2.19. The fourth-order valence-electron chi connectivity index (χ4n) is 2.04. The molecule has 2 nitrogen and oxygen atoms in total. The Morgan fingerprint density at radius 2 is 1.82 bits per heavy atom. The van der Waals surface area contributed by atoms with Gasteiger partial charge in [0.15, 0.2) is 0 Å². The van der Waals surface area contributed by atoms with Crippen molar-refractivity contribution in [2.24, 2.45) is 0 Å². The molecule has 2 heteroatoms. The zero-order chi connectivity index (χ0) is 12.1. The summed E-state index contributed by atoms with van der Waals surface area (Å²) in [6.07, 6.45) is 4.70. The summed E-state index contributed by atoms with van der Waals surface area (Å²) in [6.45, 7) is 2.16. The smallest absolute Gasteiger partial charge is 0.0359 e. The molecule has 0 radical (unpaired) electrons. The van der Waals surface area contributed by atoms with Gasteiger partial charge in [0.05, 0.1) is 0 Å². The SMILES string of the molecule is CNC(Cc1ccccc1C)c1ccncc1. The molecule has 0 saturated heterocycles. The van der Waals surface area contributed by atoms with E-state index in [1.807, 2.05) is 19.4 Å². The van der Waals surface area contributed by atoms with Crippen molar-refractivity contribution in [2.45, 2.75) is 19.4 Å². The monoisotopic (exact) mass is 226 g/mol. The summed E-state index contributed by atoms with van der Waals surface area (Å²) in [7, 11) is 2.00. The molecule has 88 valence electrons. The second kappa shape index (κ2) is 5.60. The van der Waals surface area contributed by atoms with Crippen molar-refractivity contribution in [3.05, 3.63) is 65.5 Å². The van der Waals surface area contributed by atoms with Gasteiger partial charge < -0.3 is 5.32 Å². The molecule has 0 spiro atoms. The van der Waals surface area contributed by atoms with Crippen LogP contribution in [-0.2, 0) is 6.42 Å². The maximum Gasteiger partial charge on any atom is 0.0359 e. The third-order valence-corrected chi connectivity index (χ3v) is 3.14. The minimum absolute atomic E-state index is 0.346. The molecule has 0 aliphatic rings. The Hall–Kier alpha value is -1.67. The van der Waals surface area contributed by atoms with Crippen LogP contribution in [0.3, 0.4) is 0 Å². The highest BCUT2D eigenvalue weighted by atomic mass is 14.9. The van der Waals surface area contributed by atoms with E-state index in [9.17, 15) is 0 Å². The van der Waals surface area contributed by atoms with Gasteiger partial charge >= 0.3 is 0 Å². The standard InChI is InChI=1S/C15H18N2/c1-12-5-3-4-6-14(12)11-15(16-2)13-7-9-17-10-8-13/h3-10,15-16H,11H2,1-2H3. The van der Waals surface area contributed by atoms with E-state index in [0.29, 0.717) is 6.04 Å². The number of hydrogen-bond acceptors (Lipinski definition) is 2. The maximum absolute atomic E-state index is 4.06. The van der Waals surface area contributed by atoms with Crippen LogP contribution in [0.4, 0.5) is 0 Å². The summed E-state index contributed by atoms with van der Waals surface area (Å²) in [4.78, 5) is 4.06. The summed E-state index contributed by atoms with van der Waals surface area (Å²) in [6, 6.07) is 13.0. The summed E-state index contributed by atoms with van der Waals surface area (Å²) in [5.41, 5.74) is 4.02. The summed E-state index contributed by atoms with van der Waals surface area (Å²) in [5.74, 6) is 0. The van der Waals surface area contributed by atoms with Crippen molar-refractivity contribution in [3.63, 3.8) is 0 Å². The van der Waals surface area contributed by atoms with Crippen molar-refractivity contribution in [1.29, 1.82) is 0 Å². The molecule has 0 amide bonds. The first-order valence-corrected chi connectivity index (χ1v) is 5.93. The average molecular weight is 226 g/mol. The second-order valence-corrected chi connectivity index (χ2v) is 4.25. The molecular weight excluding hydrogens is 208 g/mol. The first-order chi connectivity index (χ1) is 8.31. The van der Waals surface area contributed by atoms with E-state index in [-0.39, 0.29) is 0 Å². The lowest BCUT2D eigenvalue weighted by Crippen LogP contribution is -2.19. The topological polar surface area (TPSA) is 24.9 Å². The molecule has 1 atom stereocenters. The molecule has 1 aromatic carbocycles. The van der Waals surface area contributed by atoms with Crippen LogP contribution in [0.15, 0.2) is 48.8 Å². The number of pyridine rings is 1. The van der Waals surface area contributed by atoms with Crippen LogP contribution in [0, 0.1) is 6.92 Å². The quantitative estimate of drug-likeness (QED) is 0.867. The Morgan fingerprint density at radius 3 is 2.47 bits per heavy atom. The average Bonchev–Trinajstić information content (AvgIpc) is 2.39. The molecular formula is C15H18N2. The van der Waals surface area contributed by atoms with Crippen LogP contribution in [0.25, 0.3) is 0 Å². The van der Waals surface area contributed by atoms with Gasteiger partial charge in [0.1, 0.15) is 0 Å². The Bertz CT molecular complexity index is 465.